The molecule has 2 aromatic heterocycles. The van der Waals surface area contributed by atoms with Crippen molar-refractivity contribution in [2.75, 3.05) is 139 Å². The Morgan fingerprint density at radius 1 is 0.486 bits per heavy atom. The standard InChI is InChI=1S/2C28H40N6O/c2*1-3-32-18-11-23(12-19-32)29-27-24-21-26(35-2)22(10-4-5-13-33-14-6-7-15-33)20-25(24)30-28(31-27)34-16-8-9-17-34/h2*20-21,23H,3,5-9,11-19H2,1-2H3,(H,29,30,31). The van der Waals surface area contributed by atoms with E-state index in [9.17, 15) is 0 Å². The van der Waals surface area contributed by atoms with Gasteiger partial charge in [0.1, 0.15) is 23.1 Å². The Morgan fingerprint density at radius 2 is 0.857 bits per heavy atom. The lowest BCUT2D eigenvalue weighted by molar-refractivity contribution is 0.229. The van der Waals surface area contributed by atoms with E-state index < -0.39 is 0 Å². The fourth-order valence-corrected chi connectivity index (χ4v) is 11.1. The quantitative estimate of drug-likeness (QED) is 0.119. The number of anilines is 4. The summed E-state index contributed by atoms with van der Waals surface area (Å²) in [5, 5.41) is 9.61. The van der Waals surface area contributed by atoms with Crippen LogP contribution in [-0.4, -0.2) is 171 Å². The molecule has 0 atom stereocenters. The third-order valence-electron chi connectivity index (χ3n) is 15.5. The molecule has 10 rings (SSSR count). The molecule has 0 spiro atoms. The third kappa shape index (κ3) is 12.9. The number of hydrogen-bond donors (Lipinski definition) is 2. The van der Waals surface area contributed by atoms with E-state index in [1.807, 2.05) is 0 Å². The number of fused-ring (bicyclic) bond motifs is 2. The number of ether oxygens (including phenoxy) is 2. The van der Waals surface area contributed by atoms with Crippen LogP contribution in [0.25, 0.3) is 21.8 Å². The van der Waals surface area contributed by atoms with Crippen molar-refractivity contribution in [1.82, 2.24) is 39.5 Å². The molecule has 6 saturated heterocycles. The van der Waals surface area contributed by atoms with E-state index in [0.29, 0.717) is 12.1 Å². The first-order valence-corrected chi connectivity index (χ1v) is 27.2. The van der Waals surface area contributed by atoms with Gasteiger partial charge in [-0.25, -0.2) is 9.97 Å². The average Bonchev–Trinajstić information content (AvgIpc) is 4.27. The summed E-state index contributed by atoms with van der Waals surface area (Å²) in [5.74, 6) is 18.6. The van der Waals surface area contributed by atoms with Crippen molar-refractivity contribution in [1.29, 1.82) is 0 Å². The van der Waals surface area contributed by atoms with Crippen molar-refractivity contribution in [2.24, 2.45) is 0 Å². The molecule has 0 radical (unpaired) electrons. The van der Waals surface area contributed by atoms with E-state index in [1.54, 1.807) is 14.2 Å². The number of rotatable bonds is 14. The lowest BCUT2D eigenvalue weighted by Gasteiger charge is -2.32. The highest BCUT2D eigenvalue weighted by atomic mass is 16.5. The Labute approximate surface area is 418 Å². The fourth-order valence-electron chi connectivity index (χ4n) is 11.1. The SMILES string of the molecule is CCN1CCC(Nc2nc(N3CCCC3)nc3cc(C#CCCN4CCCC4)c(OC)cc23)CC1.CCN1CCC(Nc2nc(N3CCCC3)nc3cc(C#CCCN4CCCC4)c(OC)cc23)CC1. The molecule has 6 aliphatic heterocycles. The molecular formula is C56H80N12O2. The highest BCUT2D eigenvalue weighted by molar-refractivity contribution is 5.94. The summed E-state index contributed by atoms with van der Waals surface area (Å²) in [7, 11) is 3.45. The van der Waals surface area contributed by atoms with Crippen LogP contribution < -0.4 is 29.9 Å². The molecule has 4 aromatic rings. The Balaban J connectivity index is 0.000000174. The predicted octanol–water partition coefficient (Wildman–Crippen LogP) is 7.94. The lowest BCUT2D eigenvalue weighted by Crippen LogP contribution is -2.39. The van der Waals surface area contributed by atoms with Crippen molar-refractivity contribution < 1.29 is 9.47 Å². The van der Waals surface area contributed by atoms with E-state index >= 15 is 0 Å². The Hall–Kier alpha value is -5.12. The molecule has 2 aromatic carbocycles. The van der Waals surface area contributed by atoms with Gasteiger partial charge >= 0.3 is 0 Å². The van der Waals surface area contributed by atoms with Gasteiger partial charge in [0, 0.05) is 101 Å². The maximum Gasteiger partial charge on any atom is 0.227 e. The third-order valence-corrected chi connectivity index (χ3v) is 15.5. The normalized spacial score (nSPS) is 19.8. The van der Waals surface area contributed by atoms with Gasteiger partial charge < -0.3 is 49.5 Å². The van der Waals surface area contributed by atoms with Crippen LogP contribution in [0.3, 0.4) is 0 Å². The molecule has 0 unspecified atom stereocenters. The van der Waals surface area contributed by atoms with Crippen molar-refractivity contribution in [3.8, 4) is 35.2 Å². The lowest BCUT2D eigenvalue weighted by atomic mass is 10.0. The van der Waals surface area contributed by atoms with Crippen LogP contribution in [0, 0.1) is 23.7 Å². The molecule has 70 heavy (non-hydrogen) atoms. The molecule has 6 fully saturated rings. The van der Waals surface area contributed by atoms with Crippen molar-refractivity contribution in [3.05, 3.63) is 35.4 Å². The molecule has 0 saturated carbocycles. The number of nitrogens with zero attached hydrogens (tertiary/aromatic N) is 10. The van der Waals surface area contributed by atoms with Crippen LogP contribution in [0.2, 0.25) is 0 Å². The largest absolute Gasteiger partial charge is 0.495 e. The van der Waals surface area contributed by atoms with E-state index in [2.05, 4.69) is 102 Å². The monoisotopic (exact) mass is 953 g/mol. The molecule has 0 aliphatic carbocycles. The summed E-state index contributed by atoms with van der Waals surface area (Å²) in [5.41, 5.74) is 3.71. The topological polar surface area (TPSA) is 114 Å². The van der Waals surface area contributed by atoms with Gasteiger partial charge in [0.2, 0.25) is 11.9 Å². The van der Waals surface area contributed by atoms with Gasteiger partial charge in [-0.15, -0.1) is 0 Å². The van der Waals surface area contributed by atoms with Gasteiger partial charge in [0.05, 0.1) is 36.4 Å². The van der Waals surface area contributed by atoms with Crippen LogP contribution in [0.1, 0.15) is 115 Å². The minimum absolute atomic E-state index is 0.429. The average molecular weight is 953 g/mol. The number of benzene rings is 2. The first-order valence-electron chi connectivity index (χ1n) is 27.2. The Morgan fingerprint density at radius 3 is 1.21 bits per heavy atom. The van der Waals surface area contributed by atoms with Crippen molar-refractivity contribution in [3.63, 3.8) is 0 Å². The van der Waals surface area contributed by atoms with Crippen LogP contribution in [-0.2, 0) is 0 Å². The second-order valence-corrected chi connectivity index (χ2v) is 20.2. The van der Waals surface area contributed by atoms with Gasteiger partial charge in [-0.3, -0.25) is 0 Å². The Kier molecular flexibility index (Phi) is 17.7. The summed E-state index contributed by atoms with van der Waals surface area (Å²) in [6.07, 6.45) is 16.4. The predicted molar refractivity (Wildman–Crippen MR) is 287 cm³/mol. The zero-order valence-electron chi connectivity index (χ0n) is 43.0. The number of methoxy groups -OCH3 is 2. The zero-order chi connectivity index (χ0) is 48.1. The Bertz CT molecular complexity index is 2280. The second-order valence-electron chi connectivity index (χ2n) is 20.2. The van der Waals surface area contributed by atoms with Crippen molar-refractivity contribution in [2.45, 2.75) is 116 Å². The first-order chi connectivity index (χ1) is 34.5. The van der Waals surface area contributed by atoms with Crippen LogP contribution in [0.15, 0.2) is 24.3 Å². The summed E-state index contributed by atoms with van der Waals surface area (Å²) in [6.45, 7) is 22.3. The summed E-state index contributed by atoms with van der Waals surface area (Å²) in [6, 6.07) is 9.22. The number of piperidine rings is 2. The zero-order valence-corrected chi connectivity index (χ0v) is 43.0. The van der Waals surface area contributed by atoms with Crippen LogP contribution in [0.4, 0.5) is 23.5 Å². The van der Waals surface area contributed by atoms with Gasteiger partial charge in [0.15, 0.2) is 0 Å². The number of aromatic nitrogens is 4. The summed E-state index contributed by atoms with van der Waals surface area (Å²) < 4.78 is 11.5. The smallest absolute Gasteiger partial charge is 0.227 e. The highest BCUT2D eigenvalue weighted by Crippen LogP contribution is 2.34. The molecule has 376 valence electrons. The fraction of sp³-hybridized carbons (Fsp3) is 0.643. The maximum atomic E-state index is 5.77. The molecule has 6 aliphatic rings. The molecule has 0 bridgehead atoms. The molecule has 14 heteroatoms. The second kappa shape index (κ2) is 24.8. The number of likely N-dealkylation sites (tertiary alicyclic amines) is 4. The number of hydrogen-bond acceptors (Lipinski definition) is 14. The van der Waals surface area contributed by atoms with Gasteiger partial charge in [-0.1, -0.05) is 37.5 Å². The van der Waals surface area contributed by atoms with Crippen LogP contribution in [0.5, 0.6) is 11.5 Å². The molecule has 0 amide bonds. The van der Waals surface area contributed by atoms with E-state index in [4.69, 9.17) is 29.4 Å². The molecule has 8 heterocycles. The van der Waals surface area contributed by atoms with Gasteiger partial charge in [0.25, 0.3) is 0 Å². The van der Waals surface area contributed by atoms with Crippen molar-refractivity contribution >= 4 is 45.3 Å². The minimum Gasteiger partial charge on any atom is -0.495 e. The summed E-state index contributed by atoms with van der Waals surface area (Å²) >= 11 is 0. The molecule has 14 nitrogen and oxygen atoms in total. The van der Waals surface area contributed by atoms with Gasteiger partial charge in [-0.05, 0) is 141 Å². The van der Waals surface area contributed by atoms with E-state index in [0.717, 1.165) is 185 Å². The van der Waals surface area contributed by atoms with Gasteiger partial charge in [-0.2, -0.15) is 9.97 Å². The van der Waals surface area contributed by atoms with E-state index in [1.165, 1.54) is 77.5 Å². The first kappa shape index (κ1) is 49.8. The highest BCUT2D eigenvalue weighted by Gasteiger charge is 2.25. The summed E-state index contributed by atoms with van der Waals surface area (Å²) in [4.78, 5) is 34.7. The minimum atomic E-state index is 0.429. The maximum absolute atomic E-state index is 5.77. The molecular weight excluding hydrogens is 873 g/mol. The molecule has 2 N–H and O–H groups in total. The van der Waals surface area contributed by atoms with E-state index in [-0.39, 0.29) is 0 Å². The van der Waals surface area contributed by atoms with Crippen LogP contribution >= 0.6 is 0 Å². The number of nitrogens with one attached hydrogen (secondary N) is 2.